The van der Waals surface area contributed by atoms with Crippen LogP contribution >= 0.6 is 0 Å². The van der Waals surface area contributed by atoms with E-state index in [1.165, 1.54) is 24.8 Å². The Kier molecular flexibility index (Phi) is 2.99. The van der Waals surface area contributed by atoms with E-state index < -0.39 is 0 Å². The number of aliphatic imine (C=N–C) groups is 1. The maximum absolute atomic E-state index is 5.82. The van der Waals surface area contributed by atoms with E-state index in [4.69, 9.17) is 5.73 Å². The molecule has 0 aliphatic heterocycles. The van der Waals surface area contributed by atoms with E-state index in [-0.39, 0.29) is 0 Å². The summed E-state index contributed by atoms with van der Waals surface area (Å²) >= 11 is 0. The number of rotatable bonds is 3. The highest BCUT2D eigenvalue weighted by molar-refractivity contribution is 5.97. The van der Waals surface area contributed by atoms with E-state index in [2.05, 4.69) is 30.1 Å². The minimum Gasteiger partial charge on any atom is -0.384 e. The lowest BCUT2D eigenvalue weighted by Crippen LogP contribution is -2.28. The van der Waals surface area contributed by atoms with Gasteiger partial charge in [0.05, 0.1) is 0 Å². The molecule has 1 aliphatic rings. The molecule has 2 N–H and O–H groups in total. The zero-order valence-electron chi connectivity index (χ0n) is 10.2. The smallest absolute Gasteiger partial charge is 0.125 e. The van der Waals surface area contributed by atoms with Gasteiger partial charge in [0.1, 0.15) is 5.84 Å². The van der Waals surface area contributed by atoms with Gasteiger partial charge in [-0.3, -0.25) is 4.99 Å². The van der Waals surface area contributed by atoms with Crippen molar-refractivity contribution in [2.75, 3.05) is 7.05 Å². The molecule has 16 heavy (non-hydrogen) atoms. The summed E-state index contributed by atoms with van der Waals surface area (Å²) in [5.74, 6) is 0.626. The zero-order chi connectivity index (χ0) is 11.6. The average Bonchev–Trinajstić information content (AvgIpc) is 2.26. The lowest BCUT2D eigenvalue weighted by Gasteiger charge is -2.38. The number of nitrogens with zero attached hydrogens (tertiary/aromatic N) is 1. The third kappa shape index (κ3) is 2.26. The Labute approximate surface area is 97.6 Å². The van der Waals surface area contributed by atoms with Crippen LogP contribution in [0.4, 0.5) is 0 Å². The van der Waals surface area contributed by atoms with Crippen LogP contribution in [0.25, 0.3) is 0 Å². The van der Waals surface area contributed by atoms with Gasteiger partial charge in [0, 0.05) is 12.6 Å². The van der Waals surface area contributed by atoms with Crippen LogP contribution in [0.15, 0.2) is 29.3 Å². The normalized spacial score (nSPS) is 19.2. The molecule has 2 heteroatoms. The summed E-state index contributed by atoms with van der Waals surface area (Å²) in [6, 6.07) is 8.46. The summed E-state index contributed by atoms with van der Waals surface area (Å²) in [6.45, 7) is 2.38. The van der Waals surface area contributed by atoms with Gasteiger partial charge in [0.25, 0.3) is 0 Å². The van der Waals surface area contributed by atoms with Crippen molar-refractivity contribution in [2.45, 2.75) is 32.6 Å². The minimum absolute atomic E-state index is 0.525. The lowest BCUT2D eigenvalue weighted by molar-refractivity contribution is 0.161. The number of benzene rings is 1. The van der Waals surface area contributed by atoms with Crippen LogP contribution in [0.3, 0.4) is 0 Å². The third-order valence-electron chi connectivity index (χ3n) is 3.66. The van der Waals surface area contributed by atoms with Crippen LogP contribution in [-0.2, 0) is 6.42 Å². The molecule has 0 heterocycles. The molecule has 0 radical (unpaired) electrons. The first-order valence-corrected chi connectivity index (χ1v) is 5.95. The maximum atomic E-state index is 5.82. The molecule has 86 valence electrons. The molecule has 0 amide bonds. The molecule has 0 saturated heterocycles. The van der Waals surface area contributed by atoms with Crippen molar-refractivity contribution in [2.24, 2.45) is 16.1 Å². The van der Waals surface area contributed by atoms with Crippen LogP contribution in [0.2, 0.25) is 0 Å². The van der Waals surface area contributed by atoms with E-state index in [0.29, 0.717) is 11.3 Å². The van der Waals surface area contributed by atoms with Crippen LogP contribution in [-0.4, -0.2) is 12.9 Å². The Morgan fingerprint density at radius 1 is 1.44 bits per heavy atom. The van der Waals surface area contributed by atoms with Crippen molar-refractivity contribution in [3.05, 3.63) is 35.4 Å². The molecule has 0 aromatic heterocycles. The second kappa shape index (κ2) is 4.28. The third-order valence-corrected chi connectivity index (χ3v) is 3.66. The van der Waals surface area contributed by atoms with Gasteiger partial charge in [-0.1, -0.05) is 31.5 Å². The van der Waals surface area contributed by atoms with Crippen LogP contribution in [0.1, 0.15) is 37.3 Å². The Hall–Kier alpha value is -1.31. The number of hydrogen-bond donors (Lipinski definition) is 1. The number of hydrogen-bond acceptors (Lipinski definition) is 1. The second-order valence-electron chi connectivity index (χ2n) is 5.15. The highest BCUT2D eigenvalue weighted by Gasteiger charge is 2.31. The van der Waals surface area contributed by atoms with Crippen molar-refractivity contribution in [3.8, 4) is 0 Å². The fourth-order valence-corrected chi connectivity index (χ4v) is 2.42. The van der Waals surface area contributed by atoms with Crippen LogP contribution in [0.5, 0.6) is 0 Å². The molecule has 2 rings (SSSR count). The van der Waals surface area contributed by atoms with Gasteiger partial charge in [-0.15, -0.1) is 0 Å². The predicted molar refractivity (Wildman–Crippen MR) is 68.8 cm³/mol. The van der Waals surface area contributed by atoms with Crippen molar-refractivity contribution in [1.29, 1.82) is 0 Å². The fraction of sp³-hybridized carbons (Fsp3) is 0.500. The summed E-state index contributed by atoms with van der Waals surface area (Å²) in [7, 11) is 1.73. The first-order valence-electron chi connectivity index (χ1n) is 5.95. The maximum Gasteiger partial charge on any atom is 0.125 e. The van der Waals surface area contributed by atoms with Crippen LogP contribution < -0.4 is 5.73 Å². The van der Waals surface area contributed by atoms with E-state index in [9.17, 15) is 0 Å². The van der Waals surface area contributed by atoms with E-state index >= 15 is 0 Å². The van der Waals surface area contributed by atoms with Gasteiger partial charge < -0.3 is 5.73 Å². The van der Waals surface area contributed by atoms with E-state index in [0.717, 1.165) is 12.0 Å². The highest BCUT2D eigenvalue weighted by atomic mass is 14.8. The largest absolute Gasteiger partial charge is 0.384 e. The molecule has 1 aliphatic carbocycles. The Bertz CT molecular complexity index is 403. The number of amidine groups is 1. The predicted octanol–water partition coefficient (Wildman–Crippen LogP) is 2.75. The van der Waals surface area contributed by atoms with Crippen molar-refractivity contribution in [1.82, 2.24) is 0 Å². The summed E-state index contributed by atoms with van der Waals surface area (Å²) < 4.78 is 0. The molecule has 0 spiro atoms. The fourth-order valence-electron chi connectivity index (χ4n) is 2.42. The summed E-state index contributed by atoms with van der Waals surface area (Å²) in [5, 5.41) is 0. The minimum atomic E-state index is 0.525. The molecule has 0 atom stereocenters. The zero-order valence-corrected chi connectivity index (χ0v) is 10.2. The molecule has 1 saturated carbocycles. The summed E-state index contributed by atoms with van der Waals surface area (Å²) in [6.07, 6.45) is 5.26. The van der Waals surface area contributed by atoms with Crippen molar-refractivity contribution < 1.29 is 0 Å². The van der Waals surface area contributed by atoms with Gasteiger partial charge in [0.2, 0.25) is 0 Å². The van der Waals surface area contributed by atoms with Gasteiger partial charge in [-0.05, 0) is 36.3 Å². The molecular formula is C14H20N2. The standard InChI is InChI=1S/C14H20N2/c1-14(7-4-8-14)10-11-5-3-6-12(9-11)13(15)16-2/h3,5-6,9H,4,7-8,10H2,1-2H3,(H2,15,16). The SMILES string of the molecule is CN=C(N)c1cccc(CC2(C)CCC2)c1. The van der Waals surface area contributed by atoms with Gasteiger partial charge in [-0.2, -0.15) is 0 Å². The topological polar surface area (TPSA) is 38.4 Å². The highest BCUT2D eigenvalue weighted by Crippen LogP contribution is 2.42. The first-order chi connectivity index (χ1) is 7.63. The summed E-state index contributed by atoms with van der Waals surface area (Å²) in [4.78, 5) is 4.02. The lowest BCUT2D eigenvalue weighted by atomic mass is 9.67. The van der Waals surface area contributed by atoms with Gasteiger partial charge >= 0.3 is 0 Å². The van der Waals surface area contributed by atoms with E-state index in [1.54, 1.807) is 7.05 Å². The average molecular weight is 216 g/mol. The molecule has 2 nitrogen and oxygen atoms in total. The molecular weight excluding hydrogens is 196 g/mol. The molecule has 1 fully saturated rings. The summed E-state index contributed by atoms with van der Waals surface area (Å²) in [5.41, 5.74) is 8.77. The Morgan fingerprint density at radius 3 is 2.75 bits per heavy atom. The monoisotopic (exact) mass is 216 g/mol. The Balaban J connectivity index is 2.16. The molecule has 1 aromatic carbocycles. The van der Waals surface area contributed by atoms with Crippen molar-refractivity contribution in [3.63, 3.8) is 0 Å². The molecule has 0 unspecified atom stereocenters. The second-order valence-corrected chi connectivity index (χ2v) is 5.15. The quantitative estimate of drug-likeness (QED) is 0.612. The van der Waals surface area contributed by atoms with E-state index in [1.807, 2.05) is 6.07 Å². The Morgan fingerprint density at radius 2 is 2.19 bits per heavy atom. The van der Waals surface area contributed by atoms with Gasteiger partial charge in [0.15, 0.2) is 0 Å². The van der Waals surface area contributed by atoms with Gasteiger partial charge in [-0.25, -0.2) is 0 Å². The van der Waals surface area contributed by atoms with Crippen LogP contribution in [0, 0.1) is 5.41 Å². The molecule has 0 bridgehead atoms. The first kappa shape index (κ1) is 11.2. The van der Waals surface area contributed by atoms with Crippen molar-refractivity contribution >= 4 is 5.84 Å². The number of nitrogens with two attached hydrogens (primary N) is 1. The molecule has 1 aromatic rings.